The minimum atomic E-state index is 0. The zero-order chi connectivity index (χ0) is 6.10. The minimum absolute atomic E-state index is 0. The molecule has 0 unspecified atom stereocenters. The first kappa shape index (κ1) is 6.96. The highest BCUT2D eigenvalue weighted by molar-refractivity contribution is 5.75. The van der Waals surface area contributed by atoms with Crippen LogP contribution in [0.2, 0.25) is 0 Å². The Morgan fingerprint density at radius 1 is 1.20 bits per heavy atom. The highest BCUT2D eigenvalue weighted by Gasteiger charge is 2.01. The number of para-hydroxylation sites is 1. The normalized spacial score (nSPS) is 12.4. The average Bonchev–Trinajstić information content (AvgIpc) is 2.33. The maximum Gasteiger partial charge on any atom is 0.0661 e. The van der Waals surface area contributed by atoms with Gasteiger partial charge in [0.05, 0.1) is 5.69 Å². The quantitative estimate of drug-likeness (QED) is 0.580. The highest BCUT2D eigenvalue weighted by Crippen LogP contribution is 2.22. The Balaban J connectivity index is 0.000000500. The first-order chi connectivity index (χ1) is 4.47. The number of aliphatic imine (C=N–C) groups is 1. The molecule has 0 spiro atoms. The van der Waals surface area contributed by atoms with Gasteiger partial charge in [-0.15, -0.1) is 0 Å². The van der Waals surface area contributed by atoms with Gasteiger partial charge in [-0.3, -0.25) is 4.99 Å². The zero-order valence-corrected chi connectivity index (χ0v) is 5.75. The van der Waals surface area contributed by atoms with Gasteiger partial charge < -0.3 is 6.15 Å². The second kappa shape index (κ2) is 2.62. The fraction of sp³-hybridized carbons (Fsp3) is 0.125. The number of rotatable bonds is 0. The van der Waals surface area contributed by atoms with Crippen molar-refractivity contribution in [2.75, 3.05) is 0 Å². The number of hydrogen-bond donors (Lipinski definition) is 1. The molecule has 0 bridgehead atoms. The fourth-order valence-corrected chi connectivity index (χ4v) is 1.05. The lowest BCUT2D eigenvalue weighted by atomic mass is 10.2. The molecule has 1 aliphatic heterocycles. The second-order valence-corrected chi connectivity index (χ2v) is 2.14. The largest absolute Gasteiger partial charge is 0.344 e. The van der Waals surface area contributed by atoms with Gasteiger partial charge in [-0.25, -0.2) is 0 Å². The third kappa shape index (κ3) is 0.933. The molecule has 0 amide bonds. The molecule has 2 heteroatoms. The second-order valence-electron chi connectivity index (χ2n) is 2.14. The average molecular weight is 134 g/mol. The molecule has 2 nitrogen and oxygen atoms in total. The first-order valence-corrected chi connectivity index (χ1v) is 3.07. The Bertz CT molecular complexity index is 253. The molecule has 0 atom stereocenters. The number of benzene rings is 1. The summed E-state index contributed by atoms with van der Waals surface area (Å²) < 4.78 is 0. The van der Waals surface area contributed by atoms with Gasteiger partial charge in [-0.2, -0.15) is 0 Å². The van der Waals surface area contributed by atoms with Crippen LogP contribution in [0, 0.1) is 0 Å². The van der Waals surface area contributed by atoms with Crippen molar-refractivity contribution < 1.29 is 0 Å². The Kier molecular flexibility index (Phi) is 1.83. The van der Waals surface area contributed by atoms with Gasteiger partial charge in [0.2, 0.25) is 0 Å². The minimum Gasteiger partial charge on any atom is -0.344 e. The third-order valence-corrected chi connectivity index (χ3v) is 1.53. The van der Waals surface area contributed by atoms with E-state index >= 15 is 0 Å². The predicted octanol–water partition coefficient (Wildman–Crippen LogP) is 2.11. The Morgan fingerprint density at radius 3 is 2.80 bits per heavy atom. The van der Waals surface area contributed by atoms with Crippen LogP contribution in [0.4, 0.5) is 5.69 Å². The van der Waals surface area contributed by atoms with E-state index in [4.69, 9.17) is 0 Å². The Hall–Kier alpha value is -1.15. The highest BCUT2D eigenvalue weighted by atomic mass is 14.7. The van der Waals surface area contributed by atoms with Crippen molar-refractivity contribution >= 4 is 11.9 Å². The van der Waals surface area contributed by atoms with Crippen molar-refractivity contribution in [2.45, 2.75) is 6.42 Å². The van der Waals surface area contributed by atoms with Gasteiger partial charge in [-0.05, 0) is 11.6 Å². The zero-order valence-electron chi connectivity index (χ0n) is 5.75. The van der Waals surface area contributed by atoms with Crippen LogP contribution in [0.3, 0.4) is 0 Å². The standard InChI is InChI=1S/C8H7N.H3N/c1-2-4-8-7(3-1)5-6-9-8;/h1-4,6H,5H2;1H3. The summed E-state index contributed by atoms with van der Waals surface area (Å²) >= 11 is 0. The molecule has 10 heavy (non-hydrogen) atoms. The van der Waals surface area contributed by atoms with Crippen molar-refractivity contribution in [3.8, 4) is 0 Å². The van der Waals surface area contributed by atoms with Gasteiger partial charge in [-0.1, -0.05) is 18.2 Å². The Labute approximate surface area is 60.2 Å². The molecule has 52 valence electrons. The molecule has 0 saturated carbocycles. The van der Waals surface area contributed by atoms with Gasteiger partial charge in [0, 0.05) is 12.6 Å². The summed E-state index contributed by atoms with van der Waals surface area (Å²) in [4.78, 5) is 4.17. The van der Waals surface area contributed by atoms with Crippen molar-refractivity contribution in [1.82, 2.24) is 6.15 Å². The topological polar surface area (TPSA) is 47.4 Å². The summed E-state index contributed by atoms with van der Waals surface area (Å²) in [7, 11) is 0. The molecular formula is C8H10N2. The predicted molar refractivity (Wildman–Crippen MR) is 43.3 cm³/mol. The summed E-state index contributed by atoms with van der Waals surface area (Å²) in [6.07, 6.45) is 2.96. The lowest BCUT2D eigenvalue weighted by Gasteiger charge is -1.91. The van der Waals surface area contributed by atoms with E-state index in [2.05, 4.69) is 11.1 Å². The van der Waals surface area contributed by atoms with E-state index < -0.39 is 0 Å². The summed E-state index contributed by atoms with van der Waals surface area (Å²) in [5.74, 6) is 0. The van der Waals surface area contributed by atoms with Gasteiger partial charge in [0.15, 0.2) is 0 Å². The fourth-order valence-electron chi connectivity index (χ4n) is 1.05. The summed E-state index contributed by atoms with van der Waals surface area (Å²) in [6.45, 7) is 0. The van der Waals surface area contributed by atoms with Crippen LogP contribution in [0.25, 0.3) is 0 Å². The van der Waals surface area contributed by atoms with Crippen LogP contribution in [0.15, 0.2) is 29.3 Å². The lowest BCUT2D eigenvalue weighted by molar-refractivity contribution is 1.41. The monoisotopic (exact) mass is 134 g/mol. The smallest absolute Gasteiger partial charge is 0.0661 e. The lowest BCUT2D eigenvalue weighted by Crippen LogP contribution is -1.75. The van der Waals surface area contributed by atoms with Crippen LogP contribution in [-0.4, -0.2) is 6.21 Å². The van der Waals surface area contributed by atoms with Crippen LogP contribution >= 0.6 is 0 Å². The first-order valence-electron chi connectivity index (χ1n) is 3.07. The molecule has 3 N–H and O–H groups in total. The van der Waals surface area contributed by atoms with Crippen molar-refractivity contribution in [2.24, 2.45) is 4.99 Å². The summed E-state index contributed by atoms with van der Waals surface area (Å²) in [5.41, 5.74) is 2.48. The van der Waals surface area contributed by atoms with Crippen LogP contribution < -0.4 is 6.15 Å². The molecular weight excluding hydrogens is 124 g/mol. The SMILES string of the molecule is C1=Nc2ccccc2C1.N. The maximum atomic E-state index is 4.17. The van der Waals surface area contributed by atoms with Gasteiger partial charge >= 0.3 is 0 Å². The summed E-state index contributed by atoms with van der Waals surface area (Å²) in [6, 6.07) is 8.22. The van der Waals surface area contributed by atoms with Crippen molar-refractivity contribution in [1.29, 1.82) is 0 Å². The van der Waals surface area contributed by atoms with Gasteiger partial charge in [0.1, 0.15) is 0 Å². The molecule has 0 aliphatic carbocycles. The molecule has 2 rings (SSSR count). The van der Waals surface area contributed by atoms with Gasteiger partial charge in [0.25, 0.3) is 0 Å². The maximum absolute atomic E-state index is 4.17. The number of hydrogen-bond acceptors (Lipinski definition) is 2. The van der Waals surface area contributed by atoms with E-state index in [1.165, 1.54) is 5.56 Å². The van der Waals surface area contributed by atoms with E-state index in [1.54, 1.807) is 0 Å². The van der Waals surface area contributed by atoms with Crippen molar-refractivity contribution in [3.63, 3.8) is 0 Å². The Morgan fingerprint density at radius 2 is 2.00 bits per heavy atom. The van der Waals surface area contributed by atoms with Crippen LogP contribution in [0.5, 0.6) is 0 Å². The van der Waals surface area contributed by atoms with Crippen molar-refractivity contribution in [3.05, 3.63) is 29.8 Å². The molecule has 1 heterocycles. The van der Waals surface area contributed by atoms with Crippen LogP contribution in [0.1, 0.15) is 5.56 Å². The molecule has 0 saturated heterocycles. The molecule has 0 fully saturated rings. The molecule has 0 radical (unpaired) electrons. The molecule has 1 aromatic rings. The number of nitrogens with zero attached hydrogens (tertiary/aromatic N) is 1. The van der Waals surface area contributed by atoms with E-state index in [9.17, 15) is 0 Å². The molecule has 1 aromatic carbocycles. The molecule has 0 aromatic heterocycles. The van der Waals surface area contributed by atoms with E-state index in [-0.39, 0.29) is 6.15 Å². The third-order valence-electron chi connectivity index (χ3n) is 1.53. The van der Waals surface area contributed by atoms with E-state index in [0.29, 0.717) is 0 Å². The van der Waals surface area contributed by atoms with E-state index in [0.717, 1.165) is 12.1 Å². The molecule has 1 aliphatic rings. The number of fused-ring (bicyclic) bond motifs is 1. The summed E-state index contributed by atoms with van der Waals surface area (Å²) in [5, 5.41) is 0. The van der Waals surface area contributed by atoms with Crippen LogP contribution in [-0.2, 0) is 6.42 Å². The van der Waals surface area contributed by atoms with E-state index in [1.807, 2.05) is 24.4 Å².